The monoisotopic (exact) mass is 256 g/mol. The standard InChI is InChI=1S/C13H14F2O3/c14-10-2-1-9(7-11(10)15)13(8-12(16)17)3-5-18-6-4-13/h1-2,7H,3-6,8H2,(H,16,17). The van der Waals surface area contributed by atoms with Crippen molar-refractivity contribution in [2.24, 2.45) is 0 Å². The first-order valence-electron chi connectivity index (χ1n) is 5.79. The van der Waals surface area contributed by atoms with Gasteiger partial charge in [0.15, 0.2) is 11.6 Å². The maximum Gasteiger partial charge on any atom is 0.304 e. The van der Waals surface area contributed by atoms with Crippen LogP contribution in [0.25, 0.3) is 0 Å². The number of rotatable bonds is 3. The average molecular weight is 256 g/mol. The first kappa shape index (κ1) is 13.0. The van der Waals surface area contributed by atoms with Crippen molar-refractivity contribution in [3.63, 3.8) is 0 Å². The lowest BCUT2D eigenvalue weighted by molar-refractivity contribution is -0.139. The van der Waals surface area contributed by atoms with Crippen molar-refractivity contribution in [3.8, 4) is 0 Å². The van der Waals surface area contributed by atoms with Crippen LogP contribution < -0.4 is 0 Å². The van der Waals surface area contributed by atoms with Crippen LogP contribution in [-0.4, -0.2) is 24.3 Å². The molecule has 1 heterocycles. The largest absolute Gasteiger partial charge is 0.481 e. The number of carboxylic acid groups (broad SMARTS) is 1. The van der Waals surface area contributed by atoms with Crippen molar-refractivity contribution in [2.45, 2.75) is 24.7 Å². The molecule has 98 valence electrons. The number of halogens is 2. The van der Waals surface area contributed by atoms with Gasteiger partial charge in [0.05, 0.1) is 6.42 Å². The summed E-state index contributed by atoms with van der Waals surface area (Å²) in [6, 6.07) is 3.61. The molecule has 0 bridgehead atoms. The highest BCUT2D eigenvalue weighted by Crippen LogP contribution is 2.38. The molecule has 3 nitrogen and oxygen atoms in total. The summed E-state index contributed by atoms with van der Waals surface area (Å²) >= 11 is 0. The zero-order valence-corrected chi connectivity index (χ0v) is 9.79. The van der Waals surface area contributed by atoms with E-state index in [1.165, 1.54) is 6.07 Å². The van der Waals surface area contributed by atoms with Crippen LogP contribution in [0.2, 0.25) is 0 Å². The lowest BCUT2D eigenvalue weighted by Gasteiger charge is -2.36. The molecule has 0 aliphatic carbocycles. The van der Waals surface area contributed by atoms with E-state index < -0.39 is 23.0 Å². The van der Waals surface area contributed by atoms with Gasteiger partial charge in [0.25, 0.3) is 0 Å². The van der Waals surface area contributed by atoms with Crippen LogP contribution in [0.3, 0.4) is 0 Å². The molecule has 1 N–H and O–H groups in total. The lowest BCUT2D eigenvalue weighted by atomic mass is 9.72. The molecule has 0 saturated carbocycles. The highest BCUT2D eigenvalue weighted by molar-refractivity contribution is 5.69. The van der Waals surface area contributed by atoms with E-state index in [0.29, 0.717) is 31.6 Å². The number of carboxylic acids is 1. The summed E-state index contributed by atoms with van der Waals surface area (Å²) in [5, 5.41) is 9.01. The van der Waals surface area contributed by atoms with Crippen molar-refractivity contribution in [1.29, 1.82) is 0 Å². The van der Waals surface area contributed by atoms with E-state index in [2.05, 4.69) is 0 Å². The van der Waals surface area contributed by atoms with E-state index in [4.69, 9.17) is 9.84 Å². The number of aliphatic carboxylic acids is 1. The summed E-state index contributed by atoms with van der Waals surface area (Å²) in [7, 11) is 0. The topological polar surface area (TPSA) is 46.5 Å². The van der Waals surface area contributed by atoms with Crippen LogP contribution in [0.1, 0.15) is 24.8 Å². The minimum Gasteiger partial charge on any atom is -0.481 e. The van der Waals surface area contributed by atoms with Gasteiger partial charge < -0.3 is 9.84 Å². The molecule has 1 aromatic rings. The predicted molar refractivity (Wildman–Crippen MR) is 60.3 cm³/mol. The van der Waals surface area contributed by atoms with Gasteiger partial charge in [0.1, 0.15) is 0 Å². The summed E-state index contributed by atoms with van der Waals surface area (Å²) in [6.45, 7) is 0.874. The fraction of sp³-hybridized carbons (Fsp3) is 0.462. The van der Waals surface area contributed by atoms with Crippen molar-refractivity contribution in [1.82, 2.24) is 0 Å². The predicted octanol–water partition coefficient (Wildman–Crippen LogP) is 2.49. The van der Waals surface area contributed by atoms with Crippen LogP contribution in [0.4, 0.5) is 8.78 Å². The molecule has 1 aromatic carbocycles. The highest BCUT2D eigenvalue weighted by atomic mass is 19.2. The molecular formula is C13H14F2O3. The zero-order valence-electron chi connectivity index (χ0n) is 9.79. The molecule has 5 heteroatoms. The zero-order chi connectivity index (χ0) is 13.2. The van der Waals surface area contributed by atoms with Gasteiger partial charge in [-0.25, -0.2) is 8.78 Å². The number of hydrogen-bond donors (Lipinski definition) is 1. The second kappa shape index (κ2) is 5.02. The maximum atomic E-state index is 13.3. The summed E-state index contributed by atoms with van der Waals surface area (Å²) in [4.78, 5) is 11.0. The fourth-order valence-corrected chi connectivity index (χ4v) is 2.45. The van der Waals surface area contributed by atoms with Crippen molar-refractivity contribution in [3.05, 3.63) is 35.4 Å². The Morgan fingerprint density at radius 2 is 1.94 bits per heavy atom. The lowest BCUT2D eigenvalue weighted by Crippen LogP contribution is -2.36. The van der Waals surface area contributed by atoms with Crippen LogP contribution >= 0.6 is 0 Å². The molecule has 1 aliphatic rings. The van der Waals surface area contributed by atoms with Crippen LogP contribution in [-0.2, 0) is 14.9 Å². The minimum atomic E-state index is -0.943. The average Bonchev–Trinajstić information content (AvgIpc) is 2.33. The molecule has 2 rings (SSSR count). The molecule has 0 aromatic heterocycles. The molecule has 1 aliphatic heterocycles. The van der Waals surface area contributed by atoms with Crippen LogP contribution in [0.5, 0.6) is 0 Å². The van der Waals surface area contributed by atoms with Crippen LogP contribution in [0, 0.1) is 11.6 Å². The Hall–Kier alpha value is -1.49. The Kier molecular flexibility index (Phi) is 3.61. The normalized spacial score (nSPS) is 18.6. The SMILES string of the molecule is O=C(O)CC1(c2ccc(F)c(F)c2)CCOCC1. The smallest absolute Gasteiger partial charge is 0.304 e. The van der Waals surface area contributed by atoms with Gasteiger partial charge in [-0.15, -0.1) is 0 Å². The van der Waals surface area contributed by atoms with Gasteiger partial charge in [-0.1, -0.05) is 6.07 Å². The molecule has 1 fully saturated rings. The molecule has 1 saturated heterocycles. The highest BCUT2D eigenvalue weighted by Gasteiger charge is 2.37. The molecule has 0 spiro atoms. The number of hydrogen-bond acceptors (Lipinski definition) is 2. The van der Waals surface area contributed by atoms with E-state index >= 15 is 0 Å². The maximum absolute atomic E-state index is 13.3. The first-order valence-corrected chi connectivity index (χ1v) is 5.79. The summed E-state index contributed by atoms with van der Waals surface area (Å²) in [6.07, 6.45) is 0.913. The first-order chi connectivity index (χ1) is 8.53. The Morgan fingerprint density at radius 3 is 2.50 bits per heavy atom. The van der Waals surface area contributed by atoms with Crippen molar-refractivity contribution < 1.29 is 23.4 Å². The summed E-state index contributed by atoms with van der Waals surface area (Å²) in [5.74, 6) is -2.80. The fourth-order valence-electron chi connectivity index (χ4n) is 2.45. The molecule has 18 heavy (non-hydrogen) atoms. The van der Waals surface area contributed by atoms with Gasteiger partial charge >= 0.3 is 5.97 Å². The Balaban J connectivity index is 2.38. The Bertz CT molecular complexity index is 454. The quantitative estimate of drug-likeness (QED) is 0.903. The van der Waals surface area contributed by atoms with Gasteiger partial charge in [0, 0.05) is 18.6 Å². The van der Waals surface area contributed by atoms with Gasteiger partial charge in [0.2, 0.25) is 0 Å². The second-order valence-corrected chi connectivity index (χ2v) is 4.59. The van der Waals surface area contributed by atoms with Crippen molar-refractivity contribution in [2.75, 3.05) is 13.2 Å². The van der Waals surface area contributed by atoms with E-state index in [0.717, 1.165) is 12.1 Å². The molecule has 0 radical (unpaired) electrons. The van der Waals surface area contributed by atoms with E-state index in [9.17, 15) is 13.6 Å². The molecule has 0 amide bonds. The molecule has 0 atom stereocenters. The van der Waals surface area contributed by atoms with E-state index in [1.807, 2.05) is 0 Å². The minimum absolute atomic E-state index is 0.0958. The number of ether oxygens (including phenoxy) is 1. The van der Waals surface area contributed by atoms with Crippen molar-refractivity contribution >= 4 is 5.97 Å². The summed E-state index contributed by atoms with van der Waals surface area (Å²) in [5.41, 5.74) is -0.120. The third-order valence-corrected chi connectivity index (χ3v) is 3.47. The van der Waals surface area contributed by atoms with Gasteiger partial charge in [-0.05, 0) is 30.5 Å². The Labute approximate surface area is 103 Å². The molecular weight excluding hydrogens is 242 g/mol. The Morgan fingerprint density at radius 1 is 1.28 bits per heavy atom. The van der Waals surface area contributed by atoms with Gasteiger partial charge in [-0.3, -0.25) is 4.79 Å². The molecule has 0 unspecified atom stereocenters. The third kappa shape index (κ3) is 2.51. The van der Waals surface area contributed by atoms with Gasteiger partial charge in [-0.2, -0.15) is 0 Å². The van der Waals surface area contributed by atoms with E-state index in [1.54, 1.807) is 0 Å². The number of benzene rings is 1. The summed E-state index contributed by atoms with van der Waals surface area (Å²) < 4.78 is 31.4. The van der Waals surface area contributed by atoms with E-state index in [-0.39, 0.29) is 6.42 Å². The second-order valence-electron chi connectivity index (χ2n) is 4.59. The van der Waals surface area contributed by atoms with Crippen LogP contribution in [0.15, 0.2) is 18.2 Å². The number of carbonyl (C=O) groups is 1. The third-order valence-electron chi connectivity index (χ3n) is 3.47.